The molecule has 0 aliphatic heterocycles. The van der Waals surface area contributed by atoms with Crippen LogP contribution in [0.25, 0.3) is 10.9 Å². The molecule has 0 bridgehead atoms. The average Bonchev–Trinajstić information content (AvgIpc) is 2.66. The second-order valence-electron chi connectivity index (χ2n) is 6.64. The molecule has 0 radical (unpaired) electrons. The fraction of sp³-hybridized carbons (Fsp3) is 0.167. The molecule has 0 saturated heterocycles. The highest BCUT2D eigenvalue weighted by Gasteiger charge is 2.38. The number of aryl methyl sites for hydroxylation is 1. The van der Waals surface area contributed by atoms with E-state index in [1.807, 2.05) is 6.07 Å². The maximum Gasteiger partial charge on any atom is 0.284 e. The number of quaternary nitrogens is 1. The molecule has 0 aliphatic carbocycles. The van der Waals surface area contributed by atoms with Crippen molar-refractivity contribution in [2.75, 3.05) is 12.8 Å². The Morgan fingerprint density at radius 1 is 1.27 bits per heavy atom. The molecule has 2 heterocycles. The Morgan fingerprint density at radius 3 is 2.57 bits per heavy atom. The minimum absolute atomic E-state index is 0.271. The van der Waals surface area contributed by atoms with Gasteiger partial charge in [0.25, 0.3) is 10.9 Å². The third kappa shape index (κ3) is 4.42. The van der Waals surface area contributed by atoms with Crippen molar-refractivity contribution in [1.29, 1.82) is 0 Å². The lowest BCUT2D eigenvalue weighted by molar-refractivity contribution is -0.123. The summed E-state index contributed by atoms with van der Waals surface area (Å²) in [5, 5.41) is 5.67. The van der Waals surface area contributed by atoms with Crippen LogP contribution in [0, 0.1) is 11.6 Å². The van der Waals surface area contributed by atoms with Crippen molar-refractivity contribution >= 4 is 56.3 Å². The molecule has 0 saturated carbocycles. The predicted octanol–water partition coefficient (Wildman–Crippen LogP) is 1.23. The number of rotatable bonds is 4. The number of carbonyl (C=O) groups is 1. The maximum absolute atomic E-state index is 12.5. The lowest BCUT2D eigenvalue weighted by atomic mass is 10.2. The monoisotopic (exact) mass is 463 g/mol. The van der Waals surface area contributed by atoms with E-state index in [1.54, 1.807) is 61.4 Å². The zero-order chi connectivity index (χ0) is 22.1. The van der Waals surface area contributed by atoms with E-state index in [9.17, 15) is 13.2 Å². The van der Waals surface area contributed by atoms with Gasteiger partial charge in [-0.1, -0.05) is 35.1 Å². The van der Waals surface area contributed by atoms with Gasteiger partial charge in [-0.15, -0.1) is 4.68 Å². The van der Waals surface area contributed by atoms with Gasteiger partial charge in [0.15, 0.2) is 10.5 Å². The Bertz CT molecular complexity index is 1310. The summed E-state index contributed by atoms with van der Waals surface area (Å²) in [4.78, 5) is 21.4. The summed E-state index contributed by atoms with van der Waals surface area (Å²) in [7, 11) is -2.46. The minimum Gasteiger partial charge on any atom is -0.269 e. The zero-order valence-corrected chi connectivity index (χ0v) is 18.6. The molecule has 1 atom stereocenters. The molecule has 12 heteroatoms. The van der Waals surface area contributed by atoms with Crippen LogP contribution in [-0.4, -0.2) is 46.8 Å². The number of nitrogens with zero attached hydrogens (tertiary/aromatic N) is 4. The molecule has 0 aliphatic rings. The SMILES string of the molecule is Cc1nc2cnccc2c(=S)n1[N+](C)(NC(=O)CS(N)(=O)=O)C(=S)c1ccccc1. The van der Waals surface area contributed by atoms with Crippen molar-refractivity contribution in [2.45, 2.75) is 6.92 Å². The first-order valence-corrected chi connectivity index (χ1v) is 11.2. The fourth-order valence-electron chi connectivity index (χ4n) is 3.09. The van der Waals surface area contributed by atoms with Crippen LogP contribution in [0.15, 0.2) is 48.8 Å². The Labute approximate surface area is 183 Å². The van der Waals surface area contributed by atoms with Crippen LogP contribution in [0.1, 0.15) is 11.4 Å². The number of thiocarbonyl (C=S) groups is 1. The van der Waals surface area contributed by atoms with Crippen LogP contribution in [-0.2, 0) is 14.8 Å². The quantitative estimate of drug-likeness (QED) is 0.339. The van der Waals surface area contributed by atoms with E-state index in [1.165, 1.54) is 0 Å². The number of hydrogen-bond donors (Lipinski definition) is 2. The molecular weight excluding hydrogens is 444 g/mol. The van der Waals surface area contributed by atoms with Crippen molar-refractivity contribution in [2.24, 2.45) is 5.14 Å². The molecular formula is C18H19N6O3S3+. The van der Waals surface area contributed by atoms with Gasteiger partial charge in [0.2, 0.25) is 10.0 Å². The molecule has 1 unspecified atom stereocenters. The molecule has 3 rings (SSSR count). The molecule has 30 heavy (non-hydrogen) atoms. The Balaban J connectivity index is 2.24. The highest BCUT2D eigenvalue weighted by molar-refractivity contribution is 7.89. The van der Waals surface area contributed by atoms with Crippen LogP contribution in [0.4, 0.5) is 0 Å². The van der Waals surface area contributed by atoms with Gasteiger partial charge in [-0.2, -0.15) is 5.43 Å². The third-order valence-corrected chi connectivity index (χ3v) is 5.95. The molecule has 9 nitrogen and oxygen atoms in total. The summed E-state index contributed by atoms with van der Waals surface area (Å²) >= 11 is 11.4. The van der Waals surface area contributed by atoms with Crippen molar-refractivity contribution in [3.05, 3.63) is 64.8 Å². The smallest absolute Gasteiger partial charge is 0.269 e. The summed E-state index contributed by atoms with van der Waals surface area (Å²) in [6.45, 7) is 1.71. The summed E-state index contributed by atoms with van der Waals surface area (Å²) in [6.07, 6.45) is 3.17. The number of fused-ring (bicyclic) bond motifs is 1. The first kappa shape index (κ1) is 22.1. The summed E-state index contributed by atoms with van der Waals surface area (Å²) in [6, 6.07) is 10.7. The number of sulfonamides is 1. The number of nitrogens with one attached hydrogen (secondary N) is 1. The molecule has 3 N–H and O–H groups in total. The lowest BCUT2D eigenvalue weighted by Crippen LogP contribution is -2.70. The van der Waals surface area contributed by atoms with Crippen LogP contribution >= 0.6 is 24.4 Å². The summed E-state index contributed by atoms with van der Waals surface area (Å²) in [5.41, 5.74) is 3.88. The van der Waals surface area contributed by atoms with E-state index < -0.39 is 26.4 Å². The molecule has 0 spiro atoms. The number of amides is 1. The molecule has 0 fully saturated rings. The van der Waals surface area contributed by atoms with Gasteiger partial charge < -0.3 is 0 Å². The fourth-order valence-corrected chi connectivity index (χ4v) is 4.25. The van der Waals surface area contributed by atoms with Gasteiger partial charge in [-0.05, 0) is 37.3 Å². The van der Waals surface area contributed by atoms with Crippen LogP contribution in [0.3, 0.4) is 0 Å². The third-order valence-electron chi connectivity index (χ3n) is 4.30. The molecule has 2 aromatic heterocycles. The van der Waals surface area contributed by atoms with Gasteiger partial charge in [-0.25, -0.2) is 18.5 Å². The predicted molar refractivity (Wildman–Crippen MR) is 121 cm³/mol. The van der Waals surface area contributed by atoms with Gasteiger partial charge in [-0.3, -0.25) is 9.78 Å². The normalized spacial score (nSPS) is 13.6. The Morgan fingerprint density at radius 2 is 1.93 bits per heavy atom. The standard InChI is InChI=1S/C18H18N6O3S3/c1-12-21-15-10-20-9-8-14(15)17(28)23(12)24(2,22-16(25)11-30(19,26)27)18(29)13-6-4-3-5-7-13/h3-10H,11H2,1-2H3,(H2-,19,22,25,26,27)/p+1. The lowest BCUT2D eigenvalue weighted by Gasteiger charge is -2.34. The van der Waals surface area contributed by atoms with Gasteiger partial charge in [0, 0.05) is 11.6 Å². The van der Waals surface area contributed by atoms with E-state index in [-0.39, 0.29) is 4.99 Å². The second kappa shape index (κ2) is 8.24. The van der Waals surface area contributed by atoms with E-state index in [0.29, 0.717) is 26.9 Å². The molecule has 1 aromatic carbocycles. The zero-order valence-electron chi connectivity index (χ0n) is 16.1. The van der Waals surface area contributed by atoms with Crippen molar-refractivity contribution < 1.29 is 13.2 Å². The number of nitrogens with two attached hydrogens (primary N) is 1. The summed E-state index contributed by atoms with van der Waals surface area (Å²) < 4.78 is 24.3. The van der Waals surface area contributed by atoms with Crippen LogP contribution in [0.2, 0.25) is 0 Å². The van der Waals surface area contributed by atoms with Crippen molar-refractivity contribution in [3.8, 4) is 0 Å². The first-order valence-electron chi connectivity index (χ1n) is 8.65. The molecule has 156 valence electrons. The summed E-state index contributed by atoms with van der Waals surface area (Å²) in [5.74, 6) is -1.30. The van der Waals surface area contributed by atoms with Crippen LogP contribution in [0.5, 0.6) is 0 Å². The van der Waals surface area contributed by atoms with Gasteiger partial charge in [0.1, 0.15) is 12.8 Å². The number of benzene rings is 1. The maximum atomic E-state index is 12.5. The number of pyridine rings is 1. The average molecular weight is 464 g/mol. The van der Waals surface area contributed by atoms with E-state index in [2.05, 4.69) is 15.4 Å². The second-order valence-corrected chi connectivity index (χ2v) is 9.03. The largest absolute Gasteiger partial charge is 0.284 e. The number of aromatic nitrogens is 3. The molecule has 3 aromatic rings. The number of carbonyl (C=O) groups excluding carboxylic acids is 1. The molecule has 1 amide bonds. The van der Waals surface area contributed by atoms with Crippen molar-refractivity contribution in [1.82, 2.24) is 24.8 Å². The minimum atomic E-state index is -4.05. The highest BCUT2D eigenvalue weighted by Crippen LogP contribution is 2.19. The first-order chi connectivity index (χ1) is 14.0. The van der Waals surface area contributed by atoms with Crippen molar-refractivity contribution in [3.63, 3.8) is 0 Å². The van der Waals surface area contributed by atoms with Gasteiger partial charge >= 0.3 is 0 Å². The number of hydrogen-bond acceptors (Lipinski definition) is 7. The highest BCUT2D eigenvalue weighted by atomic mass is 32.2. The van der Waals surface area contributed by atoms with E-state index >= 15 is 0 Å². The van der Waals surface area contributed by atoms with Crippen LogP contribution < -0.4 is 15.3 Å². The topological polar surface area (TPSA) is 120 Å². The van der Waals surface area contributed by atoms with E-state index in [0.717, 1.165) is 0 Å². The Kier molecular flexibility index (Phi) is 6.06. The van der Waals surface area contributed by atoms with E-state index in [4.69, 9.17) is 29.6 Å². The Hall–Kier alpha value is -2.64. The van der Waals surface area contributed by atoms with Gasteiger partial charge in [0.05, 0.1) is 17.3 Å². The number of primary sulfonamides is 1.